The third-order valence-corrected chi connectivity index (χ3v) is 3.70. The summed E-state index contributed by atoms with van der Waals surface area (Å²) in [6, 6.07) is 6.29. The number of hydrogen-bond acceptors (Lipinski definition) is 1. The molecule has 4 heteroatoms. The van der Waals surface area contributed by atoms with Crippen molar-refractivity contribution in [3.8, 4) is 5.75 Å². The molecule has 13 heavy (non-hydrogen) atoms. The maximum absolute atomic E-state index is 5.94. The van der Waals surface area contributed by atoms with E-state index in [4.69, 9.17) is 4.43 Å². The highest BCUT2D eigenvalue weighted by molar-refractivity contribution is 14.1. The van der Waals surface area contributed by atoms with Gasteiger partial charge in [0.15, 0.2) is 0 Å². The first-order valence-electron chi connectivity index (χ1n) is 4.02. The van der Waals surface area contributed by atoms with Crippen LogP contribution in [0.2, 0.25) is 19.6 Å². The Morgan fingerprint density at radius 2 is 1.77 bits per heavy atom. The molecule has 0 unspecified atom stereocenters. The average Bonchev–Trinajstić information content (AvgIpc) is 1.94. The molecule has 0 spiro atoms. The van der Waals surface area contributed by atoms with E-state index in [9.17, 15) is 0 Å². The van der Waals surface area contributed by atoms with Crippen LogP contribution in [0.3, 0.4) is 0 Å². The normalized spacial score (nSPS) is 11.5. The first kappa shape index (κ1) is 11.8. The van der Waals surface area contributed by atoms with E-state index < -0.39 is 8.32 Å². The lowest BCUT2D eigenvalue weighted by Crippen LogP contribution is -2.29. The van der Waals surface area contributed by atoms with Crippen LogP contribution in [-0.2, 0) is 0 Å². The molecule has 0 saturated heterocycles. The Hall–Kier alpha value is 0.697. The molecule has 0 bridgehead atoms. The zero-order valence-electron chi connectivity index (χ0n) is 7.90. The number of rotatable bonds is 2. The van der Waals surface area contributed by atoms with Crippen LogP contribution in [0.25, 0.3) is 0 Å². The van der Waals surface area contributed by atoms with E-state index in [-0.39, 0.29) is 0 Å². The molecule has 1 aromatic rings. The van der Waals surface area contributed by atoms with Gasteiger partial charge in [-0.15, -0.1) is 0 Å². The summed E-state index contributed by atoms with van der Waals surface area (Å²) < 4.78 is 8.36. The van der Waals surface area contributed by atoms with Gasteiger partial charge in [-0.3, -0.25) is 0 Å². The van der Waals surface area contributed by atoms with Crippen LogP contribution in [0, 0.1) is 7.14 Å². The highest BCUT2D eigenvalue weighted by Crippen LogP contribution is 2.25. The summed E-state index contributed by atoms with van der Waals surface area (Å²) in [6.45, 7) is 6.59. The molecule has 0 aliphatic rings. The standard InChI is InChI=1S/C9H12I2OSi/c1-13(2,3)12-9-6-7(10)4-5-8(9)11/h4-6H,1-3H3. The fraction of sp³-hybridized carbons (Fsp3) is 0.333. The summed E-state index contributed by atoms with van der Waals surface area (Å²) in [5, 5.41) is 0. The topological polar surface area (TPSA) is 9.23 Å². The molecule has 0 amide bonds. The number of hydrogen-bond donors (Lipinski definition) is 0. The third kappa shape index (κ3) is 4.16. The largest absolute Gasteiger partial charge is 0.544 e. The molecule has 0 aromatic heterocycles. The minimum Gasteiger partial charge on any atom is -0.544 e. The van der Waals surface area contributed by atoms with Crippen molar-refractivity contribution in [1.29, 1.82) is 0 Å². The molecule has 1 rings (SSSR count). The average molecular weight is 418 g/mol. The number of halogens is 2. The van der Waals surface area contributed by atoms with Crippen molar-refractivity contribution < 1.29 is 4.43 Å². The second-order valence-corrected chi connectivity index (χ2v) is 10.6. The lowest BCUT2D eigenvalue weighted by atomic mass is 10.3. The van der Waals surface area contributed by atoms with Crippen LogP contribution in [0.15, 0.2) is 18.2 Å². The highest BCUT2D eigenvalue weighted by atomic mass is 127. The van der Waals surface area contributed by atoms with Crippen LogP contribution in [-0.4, -0.2) is 8.32 Å². The Morgan fingerprint density at radius 3 is 2.31 bits per heavy atom. The Morgan fingerprint density at radius 1 is 1.15 bits per heavy atom. The van der Waals surface area contributed by atoms with Crippen molar-refractivity contribution >= 4 is 53.5 Å². The quantitative estimate of drug-likeness (QED) is 0.519. The van der Waals surface area contributed by atoms with E-state index >= 15 is 0 Å². The molecule has 0 N–H and O–H groups in total. The van der Waals surface area contributed by atoms with E-state index in [2.05, 4.69) is 83.0 Å². The maximum Gasteiger partial charge on any atom is 0.242 e. The van der Waals surface area contributed by atoms with Crippen LogP contribution in [0.4, 0.5) is 0 Å². The van der Waals surface area contributed by atoms with Crippen LogP contribution in [0.1, 0.15) is 0 Å². The van der Waals surface area contributed by atoms with Crippen LogP contribution in [0.5, 0.6) is 5.75 Å². The Labute approximate surface area is 108 Å². The van der Waals surface area contributed by atoms with Crippen LogP contribution >= 0.6 is 45.2 Å². The minimum absolute atomic E-state index is 1.03. The minimum atomic E-state index is -1.46. The predicted molar refractivity (Wildman–Crippen MR) is 75.9 cm³/mol. The van der Waals surface area contributed by atoms with Gasteiger partial charge in [-0.05, 0) is 83.0 Å². The molecule has 0 aliphatic heterocycles. The second-order valence-electron chi connectivity index (χ2n) is 3.79. The van der Waals surface area contributed by atoms with Gasteiger partial charge in [-0.25, -0.2) is 0 Å². The maximum atomic E-state index is 5.94. The fourth-order valence-corrected chi connectivity index (χ4v) is 2.83. The van der Waals surface area contributed by atoms with Crippen molar-refractivity contribution in [1.82, 2.24) is 0 Å². The Balaban J connectivity index is 2.94. The molecule has 0 aliphatic carbocycles. The van der Waals surface area contributed by atoms with Gasteiger partial charge in [0.1, 0.15) is 5.75 Å². The summed E-state index contributed by atoms with van der Waals surface area (Å²) in [5.41, 5.74) is 0. The van der Waals surface area contributed by atoms with E-state index in [0.29, 0.717) is 0 Å². The summed E-state index contributed by atoms with van der Waals surface area (Å²) >= 11 is 4.62. The molecular formula is C9H12I2OSi. The van der Waals surface area contributed by atoms with Gasteiger partial charge in [0.2, 0.25) is 8.32 Å². The Kier molecular flexibility index (Phi) is 4.05. The Bertz CT molecular complexity index is 307. The molecular weight excluding hydrogens is 406 g/mol. The van der Waals surface area contributed by atoms with Crippen molar-refractivity contribution in [2.75, 3.05) is 0 Å². The second kappa shape index (κ2) is 4.48. The van der Waals surface area contributed by atoms with Gasteiger partial charge in [-0.1, -0.05) is 0 Å². The van der Waals surface area contributed by atoms with Gasteiger partial charge in [0.05, 0.1) is 3.57 Å². The molecule has 0 atom stereocenters. The van der Waals surface area contributed by atoms with Gasteiger partial charge in [0.25, 0.3) is 0 Å². The molecule has 0 radical (unpaired) electrons. The summed E-state index contributed by atoms with van der Waals surface area (Å²) in [6.07, 6.45) is 0. The van der Waals surface area contributed by atoms with E-state index in [1.807, 2.05) is 0 Å². The first-order chi connectivity index (χ1) is 5.88. The van der Waals surface area contributed by atoms with Crippen molar-refractivity contribution in [3.05, 3.63) is 25.3 Å². The zero-order valence-corrected chi connectivity index (χ0v) is 13.2. The lowest BCUT2D eigenvalue weighted by molar-refractivity contribution is 0.553. The van der Waals surface area contributed by atoms with Crippen molar-refractivity contribution in [2.24, 2.45) is 0 Å². The predicted octanol–water partition coefficient (Wildman–Crippen LogP) is 4.11. The summed E-state index contributed by atoms with van der Waals surface area (Å²) in [5.74, 6) is 1.03. The molecule has 0 heterocycles. The first-order valence-corrected chi connectivity index (χ1v) is 9.59. The zero-order chi connectivity index (χ0) is 10.1. The smallest absolute Gasteiger partial charge is 0.242 e. The third-order valence-electron chi connectivity index (χ3n) is 1.31. The lowest BCUT2D eigenvalue weighted by Gasteiger charge is -2.20. The SMILES string of the molecule is C[Si](C)(C)Oc1cc(I)ccc1I. The van der Waals surface area contributed by atoms with Crippen molar-refractivity contribution in [3.63, 3.8) is 0 Å². The van der Waals surface area contributed by atoms with Gasteiger partial charge < -0.3 is 4.43 Å². The van der Waals surface area contributed by atoms with Crippen molar-refractivity contribution in [2.45, 2.75) is 19.6 Å². The van der Waals surface area contributed by atoms with E-state index in [0.717, 1.165) is 5.75 Å². The monoisotopic (exact) mass is 418 g/mol. The van der Waals surface area contributed by atoms with E-state index in [1.54, 1.807) is 0 Å². The molecule has 1 nitrogen and oxygen atoms in total. The fourth-order valence-electron chi connectivity index (χ4n) is 0.885. The molecule has 72 valence electrons. The summed E-state index contributed by atoms with van der Waals surface area (Å²) in [7, 11) is -1.46. The molecule has 0 saturated carbocycles. The van der Waals surface area contributed by atoms with Gasteiger partial charge in [-0.2, -0.15) is 0 Å². The van der Waals surface area contributed by atoms with Gasteiger partial charge in [0, 0.05) is 3.57 Å². The summed E-state index contributed by atoms with van der Waals surface area (Å²) in [4.78, 5) is 0. The van der Waals surface area contributed by atoms with E-state index in [1.165, 1.54) is 7.14 Å². The number of benzene rings is 1. The molecule has 1 aromatic carbocycles. The highest BCUT2D eigenvalue weighted by Gasteiger charge is 2.17. The molecule has 0 fully saturated rings. The van der Waals surface area contributed by atoms with Gasteiger partial charge >= 0.3 is 0 Å². The van der Waals surface area contributed by atoms with Crippen LogP contribution < -0.4 is 4.43 Å².